The number of ketones is 1. The van der Waals surface area contributed by atoms with Crippen LogP contribution in [0.4, 0.5) is 0 Å². The molecule has 1 aliphatic heterocycles. The number of carbonyl (C=O) groups is 1. The minimum Gasteiger partial charge on any atom is -0.375 e. The molecule has 0 aromatic carbocycles. The molecule has 1 aromatic rings. The third-order valence-corrected chi connectivity index (χ3v) is 4.71. The van der Waals surface area contributed by atoms with Crippen LogP contribution in [0.2, 0.25) is 5.02 Å². The lowest BCUT2D eigenvalue weighted by atomic mass is 9.84. The van der Waals surface area contributed by atoms with Gasteiger partial charge in [0.1, 0.15) is 5.78 Å². The van der Waals surface area contributed by atoms with Gasteiger partial charge < -0.3 is 4.74 Å². The monoisotopic (exact) mass is 284 g/mol. The summed E-state index contributed by atoms with van der Waals surface area (Å²) in [5, 5.41) is 4.84. The van der Waals surface area contributed by atoms with Crippen molar-refractivity contribution in [3.05, 3.63) is 16.4 Å². The summed E-state index contributed by atoms with van der Waals surface area (Å²) in [6.07, 6.45) is 0.435. The zero-order chi connectivity index (χ0) is 14.3. The Morgan fingerprint density at radius 3 is 2.42 bits per heavy atom. The Balaban J connectivity index is 2.17. The van der Waals surface area contributed by atoms with Crippen molar-refractivity contribution in [1.29, 1.82) is 0 Å². The van der Waals surface area contributed by atoms with Crippen LogP contribution in [0.3, 0.4) is 0 Å². The van der Waals surface area contributed by atoms with Gasteiger partial charge in [0, 0.05) is 13.0 Å². The fourth-order valence-corrected chi connectivity index (χ4v) is 3.20. The molecule has 1 aliphatic rings. The highest BCUT2D eigenvalue weighted by atomic mass is 35.5. The standard InChI is InChI=1S/C14H21ClN2O2/c1-7-9(3)19-10(4)13(7)12(18)6-11-14(15)8(2)16-17(11)5/h7,9-10,13H,6H2,1-5H3. The number of Topliss-reactive ketones (excluding diaryl/α,β-unsaturated/α-hetero) is 1. The summed E-state index contributed by atoms with van der Waals surface area (Å²) in [4.78, 5) is 12.5. The van der Waals surface area contributed by atoms with Gasteiger partial charge >= 0.3 is 0 Å². The van der Waals surface area contributed by atoms with E-state index >= 15 is 0 Å². The summed E-state index contributed by atoms with van der Waals surface area (Å²) in [6, 6.07) is 0. The maximum atomic E-state index is 12.5. The van der Waals surface area contributed by atoms with Crippen molar-refractivity contribution in [3.63, 3.8) is 0 Å². The summed E-state index contributed by atoms with van der Waals surface area (Å²) in [7, 11) is 1.82. The Kier molecular flexibility index (Phi) is 4.02. The van der Waals surface area contributed by atoms with Crippen LogP contribution >= 0.6 is 11.6 Å². The van der Waals surface area contributed by atoms with Gasteiger partial charge in [0.2, 0.25) is 0 Å². The number of aryl methyl sites for hydroxylation is 2. The first-order valence-electron chi connectivity index (χ1n) is 6.69. The SMILES string of the molecule is Cc1nn(C)c(CC(=O)C2C(C)OC(C)C2C)c1Cl. The van der Waals surface area contributed by atoms with Crippen molar-refractivity contribution in [2.75, 3.05) is 0 Å². The molecule has 0 N–H and O–H groups in total. The largest absolute Gasteiger partial charge is 0.375 e. The number of hydrogen-bond donors (Lipinski definition) is 0. The van der Waals surface area contributed by atoms with Crippen molar-refractivity contribution in [2.45, 2.75) is 46.3 Å². The molecule has 0 aliphatic carbocycles. The molecule has 0 amide bonds. The minimum atomic E-state index is -0.0544. The lowest BCUT2D eigenvalue weighted by molar-refractivity contribution is -0.124. The molecule has 1 aromatic heterocycles. The van der Waals surface area contributed by atoms with Crippen LogP contribution in [-0.2, 0) is 23.0 Å². The van der Waals surface area contributed by atoms with E-state index in [1.807, 2.05) is 27.8 Å². The normalized spacial score (nSPS) is 30.8. The second-order valence-corrected chi connectivity index (χ2v) is 5.92. The summed E-state index contributed by atoms with van der Waals surface area (Å²) >= 11 is 6.20. The van der Waals surface area contributed by atoms with E-state index in [9.17, 15) is 4.79 Å². The maximum absolute atomic E-state index is 12.5. The van der Waals surface area contributed by atoms with Gasteiger partial charge in [-0.05, 0) is 26.7 Å². The van der Waals surface area contributed by atoms with Crippen LogP contribution in [0.25, 0.3) is 0 Å². The molecule has 0 bridgehead atoms. The molecule has 4 atom stereocenters. The third-order valence-electron chi connectivity index (χ3n) is 4.22. The molecule has 0 radical (unpaired) electrons. The van der Waals surface area contributed by atoms with Gasteiger partial charge in [-0.3, -0.25) is 9.48 Å². The Bertz CT molecular complexity index is 498. The quantitative estimate of drug-likeness (QED) is 0.857. The lowest BCUT2D eigenvalue weighted by Crippen LogP contribution is -2.28. The summed E-state index contributed by atoms with van der Waals surface area (Å²) < 4.78 is 7.43. The van der Waals surface area contributed by atoms with E-state index in [0.717, 1.165) is 11.4 Å². The predicted octanol–water partition coefficient (Wildman–Crippen LogP) is 2.55. The number of hydrogen-bond acceptors (Lipinski definition) is 3. The highest BCUT2D eigenvalue weighted by Crippen LogP contribution is 2.34. The molecular formula is C14H21ClN2O2. The molecule has 19 heavy (non-hydrogen) atoms. The zero-order valence-corrected chi connectivity index (χ0v) is 12.9. The van der Waals surface area contributed by atoms with Gasteiger partial charge in [-0.25, -0.2) is 0 Å². The van der Waals surface area contributed by atoms with E-state index in [0.29, 0.717) is 11.4 Å². The van der Waals surface area contributed by atoms with Crippen LogP contribution in [-0.4, -0.2) is 27.8 Å². The average Bonchev–Trinajstić information content (AvgIpc) is 2.70. The molecule has 1 fully saturated rings. The smallest absolute Gasteiger partial charge is 0.144 e. The Hall–Kier alpha value is -0.870. The molecule has 0 saturated carbocycles. The van der Waals surface area contributed by atoms with Crippen molar-refractivity contribution < 1.29 is 9.53 Å². The molecule has 5 heteroatoms. The Morgan fingerprint density at radius 1 is 1.37 bits per heavy atom. The first kappa shape index (κ1) is 14.5. The number of aromatic nitrogens is 2. The van der Waals surface area contributed by atoms with Crippen molar-refractivity contribution in [1.82, 2.24) is 9.78 Å². The van der Waals surface area contributed by atoms with Crippen LogP contribution in [0.1, 0.15) is 32.2 Å². The molecule has 106 valence electrons. The van der Waals surface area contributed by atoms with E-state index < -0.39 is 0 Å². The maximum Gasteiger partial charge on any atom is 0.144 e. The first-order chi connectivity index (χ1) is 8.82. The fourth-order valence-electron chi connectivity index (χ4n) is 2.98. The zero-order valence-electron chi connectivity index (χ0n) is 12.1. The topological polar surface area (TPSA) is 44.1 Å². The van der Waals surface area contributed by atoms with Gasteiger partial charge in [-0.15, -0.1) is 0 Å². The number of halogens is 1. The highest BCUT2D eigenvalue weighted by molar-refractivity contribution is 6.32. The molecule has 2 heterocycles. The van der Waals surface area contributed by atoms with E-state index in [4.69, 9.17) is 16.3 Å². The fraction of sp³-hybridized carbons (Fsp3) is 0.714. The minimum absolute atomic E-state index is 0.0226. The number of ether oxygens (including phenoxy) is 1. The van der Waals surface area contributed by atoms with E-state index in [-0.39, 0.29) is 29.8 Å². The van der Waals surface area contributed by atoms with E-state index in [1.54, 1.807) is 4.68 Å². The predicted molar refractivity (Wildman–Crippen MR) is 74.3 cm³/mol. The summed E-state index contributed by atoms with van der Waals surface area (Å²) in [5.41, 5.74) is 1.56. The van der Waals surface area contributed by atoms with Crippen molar-refractivity contribution in [3.8, 4) is 0 Å². The second kappa shape index (κ2) is 5.25. The third kappa shape index (κ3) is 2.56. The Morgan fingerprint density at radius 2 is 2.00 bits per heavy atom. The summed E-state index contributed by atoms with van der Waals surface area (Å²) in [5.74, 6) is 0.381. The lowest BCUT2D eigenvalue weighted by Gasteiger charge is -2.17. The van der Waals surface area contributed by atoms with Crippen LogP contribution < -0.4 is 0 Å². The average molecular weight is 285 g/mol. The van der Waals surface area contributed by atoms with Gasteiger partial charge in [0.05, 0.1) is 35.0 Å². The number of nitrogens with zero attached hydrogens (tertiary/aromatic N) is 2. The van der Waals surface area contributed by atoms with Gasteiger partial charge in [-0.2, -0.15) is 5.10 Å². The van der Waals surface area contributed by atoms with Crippen molar-refractivity contribution in [2.24, 2.45) is 18.9 Å². The Labute approximate surface area is 119 Å². The van der Waals surface area contributed by atoms with Crippen LogP contribution in [0, 0.1) is 18.8 Å². The molecule has 1 saturated heterocycles. The molecule has 2 rings (SSSR count). The van der Waals surface area contributed by atoms with Gasteiger partial charge in [0.25, 0.3) is 0 Å². The van der Waals surface area contributed by atoms with Gasteiger partial charge in [-0.1, -0.05) is 18.5 Å². The summed E-state index contributed by atoms with van der Waals surface area (Å²) in [6.45, 7) is 7.92. The molecule has 4 unspecified atom stereocenters. The van der Waals surface area contributed by atoms with E-state index in [2.05, 4.69) is 12.0 Å². The number of rotatable bonds is 3. The van der Waals surface area contributed by atoms with Crippen LogP contribution in [0.5, 0.6) is 0 Å². The second-order valence-electron chi connectivity index (χ2n) is 5.54. The highest BCUT2D eigenvalue weighted by Gasteiger charge is 2.41. The first-order valence-corrected chi connectivity index (χ1v) is 7.06. The molecular weight excluding hydrogens is 264 g/mol. The number of carbonyl (C=O) groups excluding carboxylic acids is 1. The van der Waals surface area contributed by atoms with Gasteiger partial charge in [0.15, 0.2) is 0 Å². The van der Waals surface area contributed by atoms with Crippen molar-refractivity contribution >= 4 is 17.4 Å². The van der Waals surface area contributed by atoms with E-state index in [1.165, 1.54) is 0 Å². The van der Waals surface area contributed by atoms with Crippen LogP contribution in [0.15, 0.2) is 0 Å². The molecule has 0 spiro atoms. The molecule has 4 nitrogen and oxygen atoms in total.